The molecule has 0 aliphatic heterocycles. The van der Waals surface area contributed by atoms with Gasteiger partial charge in [-0.15, -0.1) is 0 Å². The zero-order chi connectivity index (χ0) is 21.3. The Bertz CT molecular complexity index is 1020. The zero-order valence-electron chi connectivity index (χ0n) is 16.2. The van der Waals surface area contributed by atoms with Crippen LogP contribution in [0.2, 0.25) is 5.02 Å². The smallest absolute Gasteiger partial charge is 0.339 e. The van der Waals surface area contributed by atoms with Crippen LogP contribution >= 0.6 is 11.6 Å². The fourth-order valence-corrected chi connectivity index (χ4v) is 2.76. The third-order valence-electron chi connectivity index (χ3n) is 4.13. The first-order valence-corrected chi connectivity index (χ1v) is 9.44. The maximum Gasteiger partial charge on any atom is 0.339 e. The summed E-state index contributed by atoms with van der Waals surface area (Å²) in [6.45, 7) is 0.215. The van der Waals surface area contributed by atoms with Gasteiger partial charge in [0, 0.05) is 10.6 Å². The molecule has 154 valence electrons. The molecule has 30 heavy (non-hydrogen) atoms. The Morgan fingerprint density at radius 3 is 2.50 bits per heavy atom. The molecule has 0 spiro atoms. The second-order valence-corrected chi connectivity index (χ2v) is 6.75. The highest BCUT2D eigenvalue weighted by atomic mass is 35.5. The van der Waals surface area contributed by atoms with Gasteiger partial charge < -0.3 is 14.3 Å². The largest absolute Gasteiger partial charge is 0.496 e. The number of methoxy groups -OCH3 is 1. The molecule has 0 saturated heterocycles. The number of nitrogens with zero attached hydrogens (tertiary/aromatic N) is 1. The second-order valence-electron chi connectivity index (χ2n) is 6.31. The van der Waals surface area contributed by atoms with Gasteiger partial charge in [0.25, 0.3) is 0 Å². The molecule has 0 saturated carbocycles. The molecule has 0 radical (unpaired) electrons. The van der Waals surface area contributed by atoms with Crippen LogP contribution in [0.15, 0.2) is 71.9 Å². The van der Waals surface area contributed by atoms with Crippen molar-refractivity contribution < 1.29 is 23.5 Å². The highest BCUT2D eigenvalue weighted by molar-refractivity contribution is 6.30. The standard InChI is InChI=1S/C23H19ClFNO4/c1-28-22-11-4-17(12-18(22)15-29-21-9-7-20(25)8-10-21)14-26-30-23(27)13-16-2-5-19(24)6-3-16/h2-12,14H,13,15H2,1H3. The van der Waals surface area contributed by atoms with E-state index in [4.69, 9.17) is 25.9 Å². The first-order chi connectivity index (χ1) is 14.5. The third kappa shape index (κ3) is 6.32. The first-order valence-electron chi connectivity index (χ1n) is 9.06. The van der Waals surface area contributed by atoms with Crippen LogP contribution in [0.1, 0.15) is 16.7 Å². The van der Waals surface area contributed by atoms with Crippen LogP contribution in [-0.4, -0.2) is 19.3 Å². The van der Waals surface area contributed by atoms with Crippen molar-refractivity contribution in [2.24, 2.45) is 5.16 Å². The summed E-state index contributed by atoms with van der Waals surface area (Å²) in [7, 11) is 1.56. The van der Waals surface area contributed by atoms with Gasteiger partial charge in [0.2, 0.25) is 0 Å². The number of carbonyl (C=O) groups excluding carboxylic acids is 1. The summed E-state index contributed by atoms with van der Waals surface area (Å²) in [5, 5.41) is 4.36. The summed E-state index contributed by atoms with van der Waals surface area (Å²) in [5.41, 5.74) is 2.25. The lowest BCUT2D eigenvalue weighted by Crippen LogP contribution is -2.04. The topological polar surface area (TPSA) is 57.1 Å². The molecule has 3 rings (SSSR count). The average Bonchev–Trinajstić information content (AvgIpc) is 2.75. The van der Waals surface area contributed by atoms with Gasteiger partial charge in [-0.05, 0) is 65.7 Å². The minimum Gasteiger partial charge on any atom is -0.496 e. The van der Waals surface area contributed by atoms with Crippen LogP contribution in [0, 0.1) is 5.82 Å². The number of benzene rings is 3. The van der Waals surface area contributed by atoms with Gasteiger partial charge in [0.05, 0.1) is 19.7 Å². The number of ether oxygens (including phenoxy) is 2. The van der Waals surface area contributed by atoms with Gasteiger partial charge in [-0.25, -0.2) is 9.18 Å². The lowest BCUT2D eigenvalue weighted by Gasteiger charge is -2.11. The predicted molar refractivity (Wildman–Crippen MR) is 113 cm³/mol. The van der Waals surface area contributed by atoms with Gasteiger partial charge in [-0.3, -0.25) is 0 Å². The highest BCUT2D eigenvalue weighted by Gasteiger charge is 2.07. The Kier molecular flexibility index (Phi) is 7.40. The van der Waals surface area contributed by atoms with E-state index in [-0.39, 0.29) is 18.8 Å². The van der Waals surface area contributed by atoms with Crippen molar-refractivity contribution in [3.05, 3.63) is 94.3 Å². The maximum atomic E-state index is 13.0. The van der Waals surface area contributed by atoms with Crippen LogP contribution < -0.4 is 9.47 Å². The van der Waals surface area contributed by atoms with Crippen molar-refractivity contribution >= 4 is 23.8 Å². The monoisotopic (exact) mass is 427 g/mol. The van der Waals surface area contributed by atoms with Crippen molar-refractivity contribution in [3.8, 4) is 11.5 Å². The van der Waals surface area contributed by atoms with Crippen molar-refractivity contribution in [2.45, 2.75) is 13.0 Å². The average molecular weight is 428 g/mol. The summed E-state index contributed by atoms with van der Waals surface area (Å²) in [6, 6.07) is 18.0. The van der Waals surface area contributed by atoms with Crippen LogP contribution in [0.25, 0.3) is 0 Å². The van der Waals surface area contributed by atoms with Crippen LogP contribution in [-0.2, 0) is 22.7 Å². The van der Waals surface area contributed by atoms with Crippen molar-refractivity contribution in [3.63, 3.8) is 0 Å². The van der Waals surface area contributed by atoms with E-state index in [2.05, 4.69) is 5.16 Å². The number of hydrogen-bond donors (Lipinski definition) is 0. The van der Waals surface area contributed by atoms with Gasteiger partial charge in [-0.2, -0.15) is 0 Å². The number of oxime groups is 1. The summed E-state index contributed by atoms with van der Waals surface area (Å²) in [5.74, 6) is 0.355. The van der Waals surface area contributed by atoms with Crippen molar-refractivity contribution in [1.29, 1.82) is 0 Å². The molecule has 0 bridgehead atoms. The van der Waals surface area contributed by atoms with E-state index in [9.17, 15) is 9.18 Å². The molecule has 0 aromatic heterocycles. The molecule has 0 atom stereocenters. The molecule has 7 heteroatoms. The SMILES string of the molecule is COc1ccc(C=NOC(=O)Cc2ccc(Cl)cc2)cc1COc1ccc(F)cc1. The molecule has 5 nitrogen and oxygen atoms in total. The Balaban J connectivity index is 1.59. The van der Waals surface area contributed by atoms with Crippen LogP contribution in [0.4, 0.5) is 4.39 Å². The van der Waals surface area contributed by atoms with Crippen LogP contribution in [0.3, 0.4) is 0 Å². The van der Waals surface area contributed by atoms with Gasteiger partial charge in [0.1, 0.15) is 23.9 Å². The minimum absolute atomic E-state index is 0.0912. The number of carbonyl (C=O) groups is 1. The molecule has 0 N–H and O–H groups in total. The molecule has 0 unspecified atom stereocenters. The lowest BCUT2D eigenvalue weighted by atomic mass is 10.1. The molecule has 0 heterocycles. The molecular formula is C23H19ClFNO4. The lowest BCUT2D eigenvalue weighted by molar-refractivity contribution is -0.142. The van der Waals surface area contributed by atoms with E-state index in [1.165, 1.54) is 18.3 Å². The Hall–Kier alpha value is -3.38. The van der Waals surface area contributed by atoms with Crippen LogP contribution in [0.5, 0.6) is 11.5 Å². The van der Waals surface area contributed by atoms with Crippen molar-refractivity contribution in [2.75, 3.05) is 7.11 Å². The summed E-state index contributed by atoms with van der Waals surface area (Å²) >= 11 is 5.82. The number of hydrogen-bond acceptors (Lipinski definition) is 5. The van der Waals surface area contributed by atoms with E-state index >= 15 is 0 Å². The van der Waals surface area contributed by atoms with E-state index in [0.29, 0.717) is 22.1 Å². The molecule has 3 aromatic rings. The van der Waals surface area contributed by atoms with Gasteiger partial charge >= 0.3 is 5.97 Å². The number of rotatable bonds is 8. The van der Waals surface area contributed by atoms with E-state index in [1.54, 1.807) is 61.7 Å². The Morgan fingerprint density at radius 2 is 1.80 bits per heavy atom. The summed E-state index contributed by atoms with van der Waals surface area (Å²) in [6.07, 6.45) is 1.52. The maximum absolute atomic E-state index is 13.0. The highest BCUT2D eigenvalue weighted by Crippen LogP contribution is 2.22. The zero-order valence-corrected chi connectivity index (χ0v) is 16.9. The van der Waals surface area contributed by atoms with Crippen molar-refractivity contribution in [1.82, 2.24) is 0 Å². The summed E-state index contributed by atoms with van der Waals surface area (Å²) in [4.78, 5) is 16.8. The van der Waals surface area contributed by atoms with E-state index in [1.807, 2.05) is 0 Å². The van der Waals surface area contributed by atoms with E-state index < -0.39 is 5.97 Å². The van der Waals surface area contributed by atoms with Gasteiger partial charge in [0.15, 0.2) is 0 Å². The fourth-order valence-electron chi connectivity index (χ4n) is 2.63. The Labute approximate surface area is 178 Å². The molecule has 0 aliphatic rings. The Morgan fingerprint density at radius 1 is 1.07 bits per heavy atom. The second kappa shape index (κ2) is 10.4. The third-order valence-corrected chi connectivity index (χ3v) is 4.38. The fraction of sp³-hybridized carbons (Fsp3) is 0.130. The molecule has 3 aromatic carbocycles. The normalized spacial score (nSPS) is 10.8. The number of halogens is 2. The molecule has 0 amide bonds. The molecule has 0 aliphatic carbocycles. The van der Waals surface area contributed by atoms with E-state index in [0.717, 1.165) is 11.1 Å². The predicted octanol–water partition coefficient (Wildman–Crippen LogP) is 5.19. The van der Waals surface area contributed by atoms with Gasteiger partial charge in [-0.1, -0.05) is 28.9 Å². The minimum atomic E-state index is -0.484. The molecule has 0 fully saturated rings. The molecular weight excluding hydrogens is 409 g/mol. The summed E-state index contributed by atoms with van der Waals surface area (Å²) < 4.78 is 24.0. The quantitative estimate of drug-likeness (QED) is 0.282. The first kappa shape index (κ1) is 21.3.